The zero-order valence-electron chi connectivity index (χ0n) is 21.6. The standard InChI is InChI=1S/C28H24N2.C6H6N2/c1-19-11-14-21(15-12-19)30(27-17-13-20(2)22-7-3-5-9-24(22)27)28-18-16-26(29)23-8-4-6-10-25(23)28;7-5-3-1-2-4-6(5)8/h3-18H,29H2,1-2H3;1-4,7-8H. The van der Waals surface area contributed by atoms with Crippen molar-refractivity contribution in [2.75, 3.05) is 10.6 Å². The predicted molar refractivity (Wildman–Crippen MR) is 164 cm³/mol. The summed E-state index contributed by atoms with van der Waals surface area (Å²) in [5, 5.41) is 18.8. The summed E-state index contributed by atoms with van der Waals surface area (Å²) in [5.41, 5.74) is 13.6. The van der Waals surface area contributed by atoms with Crippen LogP contribution >= 0.6 is 0 Å². The molecular weight excluding hydrogens is 464 g/mol. The van der Waals surface area contributed by atoms with Gasteiger partial charge in [0.2, 0.25) is 0 Å². The fraction of sp³-hybridized carbons (Fsp3) is 0.0588. The van der Waals surface area contributed by atoms with E-state index in [1.54, 1.807) is 24.3 Å². The van der Waals surface area contributed by atoms with Crippen LogP contribution < -0.4 is 10.6 Å². The molecule has 5 aromatic rings. The molecule has 0 fully saturated rings. The van der Waals surface area contributed by atoms with Crippen molar-refractivity contribution in [1.82, 2.24) is 0 Å². The van der Waals surface area contributed by atoms with Gasteiger partial charge in [0.1, 0.15) is 0 Å². The first-order valence-electron chi connectivity index (χ1n) is 12.6. The van der Waals surface area contributed by atoms with Gasteiger partial charge in [0, 0.05) is 27.5 Å². The van der Waals surface area contributed by atoms with Gasteiger partial charge in [-0.2, -0.15) is 0 Å². The summed E-state index contributed by atoms with van der Waals surface area (Å²) in [6, 6.07) is 34.3. The minimum atomic E-state index is 0.285. The molecule has 38 heavy (non-hydrogen) atoms. The Hall–Kier alpha value is -4.96. The largest absolute Gasteiger partial charge is 0.398 e. The van der Waals surface area contributed by atoms with Crippen molar-refractivity contribution >= 4 is 55.7 Å². The smallest absolute Gasteiger partial charge is 0.0789 e. The lowest BCUT2D eigenvalue weighted by molar-refractivity contribution is 1.30. The highest BCUT2D eigenvalue weighted by atomic mass is 15.1. The number of hydrogen-bond acceptors (Lipinski definition) is 4. The minimum absolute atomic E-state index is 0.285. The highest BCUT2D eigenvalue weighted by molar-refractivity contribution is 6.48. The monoisotopic (exact) mass is 494 g/mol. The molecule has 4 nitrogen and oxygen atoms in total. The zero-order chi connectivity index (χ0) is 26.6. The number of anilines is 4. The molecule has 0 bridgehead atoms. The molecule has 1 aliphatic carbocycles. The van der Waals surface area contributed by atoms with Gasteiger partial charge in [-0.05, 0) is 67.3 Å². The Bertz CT molecular complexity index is 1620. The fourth-order valence-electron chi connectivity index (χ4n) is 4.72. The summed E-state index contributed by atoms with van der Waals surface area (Å²) in [4.78, 5) is 2.35. The van der Waals surface area contributed by atoms with Crippen LogP contribution in [0, 0.1) is 24.7 Å². The molecule has 0 spiro atoms. The van der Waals surface area contributed by atoms with E-state index in [9.17, 15) is 0 Å². The minimum Gasteiger partial charge on any atom is -0.398 e. The molecule has 1 aliphatic rings. The Labute approximate surface area is 223 Å². The van der Waals surface area contributed by atoms with E-state index in [0.717, 1.165) is 33.5 Å². The summed E-state index contributed by atoms with van der Waals surface area (Å²) < 4.78 is 0. The number of nitrogens with two attached hydrogens (primary N) is 1. The van der Waals surface area contributed by atoms with Crippen LogP contribution in [0.5, 0.6) is 0 Å². The molecule has 0 radical (unpaired) electrons. The molecule has 0 aliphatic heterocycles. The Morgan fingerprint density at radius 3 is 1.63 bits per heavy atom. The third-order valence-corrected chi connectivity index (χ3v) is 6.75. The molecule has 6 rings (SSSR count). The van der Waals surface area contributed by atoms with Gasteiger partial charge < -0.3 is 10.6 Å². The highest BCUT2D eigenvalue weighted by Crippen LogP contribution is 2.43. The van der Waals surface area contributed by atoms with Crippen molar-refractivity contribution in [1.29, 1.82) is 10.8 Å². The molecule has 0 aromatic heterocycles. The topological polar surface area (TPSA) is 77.0 Å². The normalized spacial score (nSPS) is 12.5. The molecule has 0 amide bonds. The molecule has 5 aromatic carbocycles. The maximum Gasteiger partial charge on any atom is 0.0789 e. The highest BCUT2D eigenvalue weighted by Gasteiger charge is 2.18. The average Bonchev–Trinajstić information content (AvgIpc) is 2.94. The van der Waals surface area contributed by atoms with Gasteiger partial charge in [0.15, 0.2) is 0 Å². The van der Waals surface area contributed by atoms with Crippen LogP contribution in [-0.4, -0.2) is 11.4 Å². The Morgan fingerprint density at radius 1 is 0.553 bits per heavy atom. The van der Waals surface area contributed by atoms with Crippen molar-refractivity contribution in [3.05, 3.63) is 132 Å². The molecule has 0 atom stereocenters. The van der Waals surface area contributed by atoms with Crippen LogP contribution in [-0.2, 0) is 0 Å². The van der Waals surface area contributed by atoms with E-state index in [1.807, 2.05) is 12.1 Å². The first kappa shape index (κ1) is 24.7. The number of fused-ring (bicyclic) bond motifs is 2. The van der Waals surface area contributed by atoms with Crippen molar-refractivity contribution < 1.29 is 0 Å². The quantitative estimate of drug-likeness (QED) is 0.173. The molecule has 0 saturated carbocycles. The van der Waals surface area contributed by atoms with Crippen LogP contribution in [0.15, 0.2) is 121 Å². The van der Waals surface area contributed by atoms with Gasteiger partial charge in [0.05, 0.1) is 22.8 Å². The summed E-state index contributed by atoms with van der Waals surface area (Å²) in [5.74, 6) is 0. The van der Waals surface area contributed by atoms with Crippen LogP contribution in [0.1, 0.15) is 11.1 Å². The Morgan fingerprint density at radius 2 is 1.05 bits per heavy atom. The molecule has 0 unspecified atom stereocenters. The average molecular weight is 495 g/mol. The molecular formula is C34H30N4. The molecule has 4 heteroatoms. The lowest BCUT2D eigenvalue weighted by Gasteiger charge is -2.29. The molecule has 4 N–H and O–H groups in total. The van der Waals surface area contributed by atoms with Crippen LogP contribution in [0.2, 0.25) is 0 Å². The van der Waals surface area contributed by atoms with Crippen molar-refractivity contribution in [2.24, 2.45) is 0 Å². The second-order valence-corrected chi connectivity index (χ2v) is 9.38. The third-order valence-electron chi connectivity index (χ3n) is 6.75. The maximum atomic E-state index is 7.03. The molecule has 0 heterocycles. The second kappa shape index (κ2) is 10.6. The van der Waals surface area contributed by atoms with E-state index < -0.39 is 0 Å². The number of benzene rings is 5. The number of allylic oxidation sites excluding steroid dienone is 4. The van der Waals surface area contributed by atoms with Crippen LogP contribution in [0.4, 0.5) is 22.7 Å². The van der Waals surface area contributed by atoms with E-state index >= 15 is 0 Å². The fourth-order valence-corrected chi connectivity index (χ4v) is 4.72. The van der Waals surface area contributed by atoms with Gasteiger partial charge in [-0.3, -0.25) is 10.8 Å². The summed E-state index contributed by atoms with van der Waals surface area (Å²) in [6.07, 6.45) is 6.70. The SMILES string of the molecule is Cc1ccc(N(c2ccc(C)c3ccccc23)c2ccc(N)c3ccccc23)cc1.N=C1C=CC=CC1=N. The lowest BCUT2D eigenvalue weighted by Crippen LogP contribution is -2.11. The van der Waals surface area contributed by atoms with Gasteiger partial charge in [-0.15, -0.1) is 0 Å². The van der Waals surface area contributed by atoms with E-state index in [1.165, 1.54) is 21.9 Å². The maximum absolute atomic E-state index is 7.03. The summed E-state index contributed by atoms with van der Waals surface area (Å²) in [7, 11) is 0. The third kappa shape index (κ3) is 4.84. The van der Waals surface area contributed by atoms with Gasteiger partial charge in [-0.1, -0.05) is 84.4 Å². The van der Waals surface area contributed by atoms with Crippen LogP contribution in [0.25, 0.3) is 21.5 Å². The number of hydrogen-bond donors (Lipinski definition) is 3. The number of nitrogen functional groups attached to an aromatic ring is 1. The number of aryl methyl sites for hydroxylation is 2. The Balaban J connectivity index is 0.000000316. The summed E-state index contributed by atoms with van der Waals surface area (Å²) >= 11 is 0. The zero-order valence-corrected chi connectivity index (χ0v) is 21.6. The van der Waals surface area contributed by atoms with Gasteiger partial charge in [-0.25, -0.2) is 0 Å². The Kier molecular flexibility index (Phi) is 6.88. The van der Waals surface area contributed by atoms with Gasteiger partial charge in [0.25, 0.3) is 0 Å². The number of nitrogens with zero attached hydrogens (tertiary/aromatic N) is 1. The molecule has 0 saturated heterocycles. The molecule has 186 valence electrons. The predicted octanol–water partition coefficient (Wildman–Crippen LogP) is 8.81. The number of rotatable bonds is 3. The first-order valence-corrected chi connectivity index (χ1v) is 12.6. The summed E-state index contributed by atoms with van der Waals surface area (Å²) in [6.45, 7) is 4.29. The van der Waals surface area contributed by atoms with E-state index in [-0.39, 0.29) is 11.4 Å². The lowest BCUT2D eigenvalue weighted by atomic mass is 10.0. The second-order valence-electron chi connectivity index (χ2n) is 9.38. The van der Waals surface area contributed by atoms with E-state index in [2.05, 4.69) is 104 Å². The number of nitrogens with one attached hydrogen (secondary N) is 2. The van der Waals surface area contributed by atoms with Crippen molar-refractivity contribution in [3.63, 3.8) is 0 Å². The first-order chi connectivity index (χ1) is 18.4. The van der Waals surface area contributed by atoms with E-state index in [4.69, 9.17) is 16.6 Å². The van der Waals surface area contributed by atoms with Crippen LogP contribution in [0.3, 0.4) is 0 Å². The van der Waals surface area contributed by atoms with Gasteiger partial charge >= 0.3 is 0 Å². The van der Waals surface area contributed by atoms with Crippen molar-refractivity contribution in [2.45, 2.75) is 13.8 Å². The van der Waals surface area contributed by atoms with E-state index in [0.29, 0.717) is 0 Å². The van der Waals surface area contributed by atoms with Crippen molar-refractivity contribution in [3.8, 4) is 0 Å².